The van der Waals surface area contributed by atoms with Gasteiger partial charge in [0.25, 0.3) is 0 Å². The third kappa shape index (κ3) is 1.58. The molecule has 0 bridgehead atoms. The van der Waals surface area contributed by atoms with Gasteiger partial charge in [-0.25, -0.2) is 0 Å². The molecule has 0 radical (unpaired) electrons. The standard InChI is InChI=1S/C16H16N2/c1-16(14-9-5-11-17-14,15-10-6-12-18-15)13-7-3-2-4-8-13/h2-12,17-18H,1H3. The van der Waals surface area contributed by atoms with Crippen LogP contribution in [-0.4, -0.2) is 9.97 Å². The van der Waals surface area contributed by atoms with Crippen molar-refractivity contribution in [3.05, 3.63) is 83.9 Å². The van der Waals surface area contributed by atoms with E-state index in [2.05, 4.69) is 53.3 Å². The maximum atomic E-state index is 3.34. The molecule has 2 nitrogen and oxygen atoms in total. The van der Waals surface area contributed by atoms with E-state index in [1.165, 1.54) is 17.0 Å². The number of nitrogens with one attached hydrogen (secondary N) is 2. The van der Waals surface area contributed by atoms with E-state index in [1.54, 1.807) is 0 Å². The number of benzene rings is 1. The van der Waals surface area contributed by atoms with Crippen molar-refractivity contribution in [3.63, 3.8) is 0 Å². The maximum Gasteiger partial charge on any atom is 0.0723 e. The molecular formula is C16H16N2. The van der Waals surface area contributed by atoms with E-state index in [0.717, 1.165) is 0 Å². The van der Waals surface area contributed by atoms with Gasteiger partial charge in [0.05, 0.1) is 5.41 Å². The van der Waals surface area contributed by atoms with Crippen molar-refractivity contribution in [2.45, 2.75) is 12.3 Å². The molecule has 2 heteroatoms. The summed E-state index contributed by atoms with van der Waals surface area (Å²) in [5.41, 5.74) is 3.48. The number of aromatic nitrogens is 2. The van der Waals surface area contributed by atoms with Crippen LogP contribution in [0.5, 0.6) is 0 Å². The molecule has 1 aromatic carbocycles. The molecule has 0 aliphatic rings. The highest BCUT2D eigenvalue weighted by Crippen LogP contribution is 2.36. The zero-order valence-corrected chi connectivity index (χ0v) is 10.4. The fourth-order valence-electron chi connectivity index (χ4n) is 2.51. The highest BCUT2D eigenvalue weighted by Gasteiger charge is 2.32. The molecule has 90 valence electrons. The van der Waals surface area contributed by atoms with Gasteiger partial charge in [0, 0.05) is 23.8 Å². The fraction of sp³-hybridized carbons (Fsp3) is 0.125. The zero-order chi connectivity index (χ0) is 12.4. The summed E-state index contributed by atoms with van der Waals surface area (Å²) < 4.78 is 0. The largest absolute Gasteiger partial charge is 0.364 e. The number of hydrogen-bond donors (Lipinski definition) is 2. The number of H-pyrrole nitrogens is 2. The number of hydrogen-bond acceptors (Lipinski definition) is 0. The van der Waals surface area contributed by atoms with Crippen LogP contribution < -0.4 is 0 Å². The third-order valence-corrected chi connectivity index (χ3v) is 3.62. The lowest BCUT2D eigenvalue weighted by Gasteiger charge is -2.28. The summed E-state index contributed by atoms with van der Waals surface area (Å²) in [7, 11) is 0. The van der Waals surface area contributed by atoms with Gasteiger partial charge in [0.2, 0.25) is 0 Å². The van der Waals surface area contributed by atoms with Gasteiger partial charge in [-0.1, -0.05) is 30.3 Å². The van der Waals surface area contributed by atoms with Crippen LogP contribution in [0.25, 0.3) is 0 Å². The molecule has 2 heterocycles. The Balaban J connectivity index is 2.22. The van der Waals surface area contributed by atoms with Crippen molar-refractivity contribution >= 4 is 0 Å². The summed E-state index contributed by atoms with van der Waals surface area (Å²) in [6.45, 7) is 2.24. The van der Waals surface area contributed by atoms with E-state index < -0.39 is 0 Å². The van der Waals surface area contributed by atoms with Crippen molar-refractivity contribution in [2.75, 3.05) is 0 Å². The quantitative estimate of drug-likeness (QED) is 0.695. The molecule has 2 aromatic heterocycles. The first kappa shape index (κ1) is 10.9. The molecule has 0 saturated carbocycles. The molecule has 0 saturated heterocycles. The zero-order valence-electron chi connectivity index (χ0n) is 10.4. The molecule has 2 N–H and O–H groups in total. The van der Waals surface area contributed by atoms with Gasteiger partial charge < -0.3 is 9.97 Å². The summed E-state index contributed by atoms with van der Waals surface area (Å²) >= 11 is 0. The van der Waals surface area contributed by atoms with E-state index in [1.807, 2.05) is 30.6 Å². The van der Waals surface area contributed by atoms with Gasteiger partial charge in [-0.3, -0.25) is 0 Å². The molecule has 0 aliphatic carbocycles. The fourth-order valence-corrected chi connectivity index (χ4v) is 2.51. The maximum absolute atomic E-state index is 3.34. The van der Waals surface area contributed by atoms with Crippen LogP contribution in [0.3, 0.4) is 0 Å². The van der Waals surface area contributed by atoms with Crippen molar-refractivity contribution in [3.8, 4) is 0 Å². The van der Waals surface area contributed by atoms with Gasteiger partial charge in [-0.15, -0.1) is 0 Å². The molecule has 18 heavy (non-hydrogen) atoms. The van der Waals surface area contributed by atoms with Gasteiger partial charge in [0.1, 0.15) is 0 Å². The first-order valence-corrected chi connectivity index (χ1v) is 6.15. The minimum atomic E-state index is -0.172. The van der Waals surface area contributed by atoms with Crippen molar-refractivity contribution in [1.82, 2.24) is 9.97 Å². The smallest absolute Gasteiger partial charge is 0.0723 e. The molecule has 0 aliphatic heterocycles. The number of aromatic amines is 2. The molecule has 3 aromatic rings. The van der Waals surface area contributed by atoms with Crippen LogP contribution in [0.4, 0.5) is 0 Å². The summed E-state index contributed by atoms with van der Waals surface area (Å²) in [5, 5.41) is 0. The summed E-state index contributed by atoms with van der Waals surface area (Å²) in [4.78, 5) is 6.69. The molecule has 0 spiro atoms. The second-order valence-electron chi connectivity index (χ2n) is 4.66. The van der Waals surface area contributed by atoms with Crippen LogP contribution in [0.1, 0.15) is 23.9 Å². The summed E-state index contributed by atoms with van der Waals surface area (Å²) in [5.74, 6) is 0. The number of rotatable bonds is 3. The molecule has 0 atom stereocenters. The van der Waals surface area contributed by atoms with E-state index in [9.17, 15) is 0 Å². The van der Waals surface area contributed by atoms with Crippen LogP contribution in [-0.2, 0) is 5.41 Å². The summed E-state index contributed by atoms with van der Waals surface area (Å²) in [6, 6.07) is 18.9. The van der Waals surface area contributed by atoms with E-state index in [4.69, 9.17) is 0 Å². The van der Waals surface area contributed by atoms with Crippen molar-refractivity contribution in [1.29, 1.82) is 0 Å². The Morgan fingerprint density at radius 2 is 1.28 bits per heavy atom. The molecule has 0 unspecified atom stereocenters. The van der Waals surface area contributed by atoms with E-state index >= 15 is 0 Å². The minimum absolute atomic E-state index is 0.172. The second-order valence-corrected chi connectivity index (χ2v) is 4.66. The first-order valence-electron chi connectivity index (χ1n) is 6.15. The highest BCUT2D eigenvalue weighted by atomic mass is 14.8. The Hall–Kier alpha value is -2.22. The predicted octanol–water partition coefficient (Wildman–Crippen LogP) is 3.70. The molecule has 0 fully saturated rings. The van der Waals surface area contributed by atoms with Crippen LogP contribution in [0.2, 0.25) is 0 Å². The normalized spacial score (nSPS) is 11.6. The SMILES string of the molecule is CC(c1ccccc1)(c1ccc[nH]1)c1ccc[nH]1. The first-order chi connectivity index (χ1) is 8.82. The van der Waals surface area contributed by atoms with Crippen LogP contribution in [0.15, 0.2) is 67.0 Å². The summed E-state index contributed by atoms with van der Waals surface area (Å²) in [6.07, 6.45) is 3.94. The highest BCUT2D eigenvalue weighted by molar-refractivity contribution is 5.44. The Bertz CT molecular complexity index is 558. The molecule has 3 rings (SSSR count). The molecular weight excluding hydrogens is 220 g/mol. The van der Waals surface area contributed by atoms with Gasteiger partial charge in [-0.05, 0) is 36.8 Å². The van der Waals surface area contributed by atoms with Gasteiger partial charge in [-0.2, -0.15) is 0 Å². The lowest BCUT2D eigenvalue weighted by Crippen LogP contribution is -2.26. The lowest BCUT2D eigenvalue weighted by molar-refractivity contribution is 0.651. The molecule has 0 amide bonds. The van der Waals surface area contributed by atoms with Crippen LogP contribution >= 0.6 is 0 Å². The van der Waals surface area contributed by atoms with Crippen molar-refractivity contribution in [2.24, 2.45) is 0 Å². The Labute approximate surface area is 107 Å². The van der Waals surface area contributed by atoms with Gasteiger partial charge >= 0.3 is 0 Å². The van der Waals surface area contributed by atoms with Crippen LogP contribution in [0, 0.1) is 0 Å². The van der Waals surface area contributed by atoms with Crippen molar-refractivity contribution < 1.29 is 0 Å². The second kappa shape index (κ2) is 4.22. The topological polar surface area (TPSA) is 31.6 Å². The van der Waals surface area contributed by atoms with E-state index in [0.29, 0.717) is 0 Å². The average molecular weight is 236 g/mol. The monoisotopic (exact) mass is 236 g/mol. The third-order valence-electron chi connectivity index (χ3n) is 3.62. The Morgan fingerprint density at radius 3 is 1.72 bits per heavy atom. The Morgan fingerprint density at radius 1 is 0.722 bits per heavy atom. The lowest BCUT2D eigenvalue weighted by atomic mass is 9.77. The Kier molecular flexibility index (Phi) is 2.56. The minimum Gasteiger partial charge on any atom is -0.364 e. The van der Waals surface area contributed by atoms with E-state index in [-0.39, 0.29) is 5.41 Å². The predicted molar refractivity (Wildman–Crippen MR) is 73.6 cm³/mol. The van der Waals surface area contributed by atoms with Gasteiger partial charge in [0.15, 0.2) is 0 Å². The average Bonchev–Trinajstić information content (AvgIpc) is 3.12.